The van der Waals surface area contributed by atoms with Crippen LogP contribution in [0.5, 0.6) is 0 Å². The van der Waals surface area contributed by atoms with Crippen LogP contribution >= 0.6 is 0 Å². The summed E-state index contributed by atoms with van der Waals surface area (Å²) in [6, 6.07) is 9.04. The Kier molecular flexibility index (Phi) is 5.41. The molecular weight excluding hydrogens is 182 g/mol. The van der Waals surface area contributed by atoms with E-state index in [9.17, 15) is 0 Å². The Balaban J connectivity index is 2.42. The van der Waals surface area contributed by atoms with Gasteiger partial charge in [0.15, 0.2) is 0 Å². The topological polar surface area (TPSA) is 26.0 Å². The summed E-state index contributed by atoms with van der Waals surface area (Å²) in [7, 11) is 0. The minimum atomic E-state index is 0.744. The molecule has 2 N–H and O–H groups in total. The lowest BCUT2D eigenvalue weighted by molar-refractivity contribution is 0.647. The van der Waals surface area contributed by atoms with Crippen molar-refractivity contribution in [3.63, 3.8) is 0 Å². The minimum absolute atomic E-state index is 0.744. The van der Waals surface area contributed by atoms with Gasteiger partial charge in [-0.1, -0.05) is 38.1 Å². The van der Waals surface area contributed by atoms with E-state index in [-0.39, 0.29) is 0 Å². The lowest BCUT2D eigenvalue weighted by atomic mass is 10.0. The van der Waals surface area contributed by atoms with E-state index in [1.54, 1.807) is 0 Å². The number of hydrogen-bond donors (Lipinski definition) is 1. The largest absolute Gasteiger partial charge is 0.330 e. The average molecular weight is 205 g/mol. The van der Waals surface area contributed by atoms with E-state index in [0.29, 0.717) is 0 Å². The van der Waals surface area contributed by atoms with Gasteiger partial charge in [0, 0.05) is 0 Å². The maximum atomic E-state index is 5.47. The normalized spacial score (nSPS) is 10.9. The summed E-state index contributed by atoms with van der Waals surface area (Å²) in [4.78, 5) is 0. The Bertz CT molecular complexity index is 261. The molecule has 0 saturated heterocycles. The molecule has 0 saturated carbocycles. The zero-order valence-corrected chi connectivity index (χ0v) is 10.00. The van der Waals surface area contributed by atoms with Crippen LogP contribution in [0.15, 0.2) is 24.3 Å². The van der Waals surface area contributed by atoms with Crippen LogP contribution in [-0.2, 0) is 12.8 Å². The maximum absolute atomic E-state index is 5.47. The second-order valence-corrected chi connectivity index (χ2v) is 4.66. The van der Waals surface area contributed by atoms with Gasteiger partial charge in [-0.25, -0.2) is 0 Å². The molecule has 0 spiro atoms. The molecule has 0 amide bonds. The van der Waals surface area contributed by atoms with Gasteiger partial charge in [0.1, 0.15) is 0 Å². The molecule has 0 atom stereocenters. The van der Waals surface area contributed by atoms with E-state index in [0.717, 1.165) is 18.9 Å². The SMILES string of the molecule is CC(C)Cc1ccc(CCCCN)cc1. The summed E-state index contributed by atoms with van der Waals surface area (Å²) in [6.45, 7) is 5.33. The first-order valence-electron chi connectivity index (χ1n) is 6.00. The van der Waals surface area contributed by atoms with Crippen LogP contribution in [0, 0.1) is 5.92 Å². The first-order valence-corrected chi connectivity index (χ1v) is 6.00. The van der Waals surface area contributed by atoms with Crippen molar-refractivity contribution in [2.45, 2.75) is 39.5 Å². The van der Waals surface area contributed by atoms with Crippen molar-refractivity contribution in [3.05, 3.63) is 35.4 Å². The molecule has 0 bridgehead atoms. The molecule has 0 aromatic heterocycles. The molecule has 1 nitrogen and oxygen atoms in total. The second-order valence-electron chi connectivity index (χ2n) is 4.66. The Labute approximate surface area is 93.7 Å². The highest BCUT2D eigenvalue weighted by Gasteiger charge is 1.98. The zero-order valence-electron chi connectivity index (χ0n) is 10.00. The van der Waals surface area contributed by atoms with Gasteiger partial charge in [-0.2, -0.15) is 0 Å². The molecular formula is C14H23N. The fourth-order valence-electron chi connectivity index (χ4n) is 1.79. The molecule has 0 radical (unpaired) electrons. The lowest BCUT2D eigenvalue weighted by Crippen LogP contribution is -1.99. The van der Waals surface area contributed by atoms with Crippen molar-refractivity contribution in [2.75, 3.05) is 6.54 Å². The third-order valence-electron chi connectivity index (χ3n) is 2.59. The van der Waals surface area contributed by atoms with Crippen LogP contribution in [0.4, 0.5) is 0 Å². The molecule has 0 aliphatic carbocycles. The van der Waals surface area contributed by atoms with Gasteiger partial charge >= 0.3 is 0 Å². The second kappa shape index (κ2) is 6.62. The lowest BCUT2D eigenvalue weighted by Gasteiger charge is -2.06. The summed E-state index contributed by atoms with van der Waals surface area (Å²) in [5.41, 5.74) is 8.36. The van der Waals surface area contributed by atoms with Crippen molar-refractivity contribution in [3.8, 4) is 0 Å². The van der Waals surface area contributed by atoms with Gasteiger partial charge in [0.05, 0.1) is 0 Å². The van der Waals surface area contributed by atoms with Crippen LogP contribution in [0.25, 0.3) is 0 Å². The molecule has 0 fully saturated rings. The van der Waals surface area contributed by atoms with Gasteiger partial charge in [-0.15, -0.1) is 0 Å². The van der Waals surface area contributed by atoms with E-state index >= 15 is 0 Å². The minimum Gasteiger partial charge on any atom is -0.330 e. The van der Waals surface area contributed by atoms with Crippen molar-refractivity contribution in [2.24, 2.45) is 11.7 Å². The molecule has 1 aromatic rings. The van der Waals surface area contributed by atoms with Crippen LogP contribution in [0.2, 0.25) is 0 Å². The zero-order chi connectivity index (χ0) is 11.1. The van der Waals surface area contributed by atoms with Crippen LogP contribution in [0.3, 0.4) is 0 Å². The summed E-state index contributed by atoms with van der Waals surface area (Å²) < 4.78 is 0. The first kappa shape index (κ1) is 12.3. The number of unbranched alkanes of at least 4 members (excludes halogenated alkanes) is 1. The van der Waals surface area contributed by atoms with Crippen molar-refractivity contribution >= 4 is 0 Å². The Morgan fingerprint density at radius 2 is 1.60 bits per heavy atom. The van der Waals surface area contributed by atoms with Gasteiger partial charge in [-0.05, 0) is 49.3 Å². The smallest absolute Gasteiger partial charge is 0.00772 e. The molecule has 0 unspecified atom stereocenters. The summed E-state index contributed by atoms with van der Waals surface area (Å²) in [5.74, 6) is 0.744. The predicted molar refractivity (Wildman–Crippen MR) is 67.0 cm³/mol. The van der Waals surface area contributed by atoms with Crippen molar-refractivity contribution in [1.29, 1.82) is 0 Å². The molecule has 0 heterocycles. The molecule has 1 aromatic carbocycles. The molecule has 1 heteroatoms. The highest BCUT2D eigenvalue weighted by Crippen LogP contribution is 2.11. The molecule has 0 aliphatic rings. The molecule has 0 aliphatic heterocycles. The predicted octanol–water partition coefficient (Wildman–Crippen LogP) is 3.17. The van der Waals surface area contributed by atoms with E-state index in [2.05, 4.69) is 38.1 Å². The van der Waals surface area contributed by atoms with Crippen LogP contribution in [-0.4, -0.2) is 6.54 Å². The van der Waals surface area contributed by atoms with Crippen molar-refractivity contribution in [1.82, 2.24) is 0 Å². The Hall–Kier alpha value is -0.820. The summed E-state index contributed by atoms with van der Waals surface area (Å²) in [5, 5.41) is 0. The van der Waals surface area contributed by atoms with E-state index < -0.39 is 0 Å². The van der Waals surface area contributed by atoms with Crippen LogP contribution in [0.1, 0.15) is 37.8 Å². The highest BCUT2D eigenvalue weighted by atomic mass is 14.5. The third-order valence-corrected chi connectivity index (χ3v) is 2.59. The monoisotopic (exact) mass is 205 g/mol. The van der Waals surface area contributed by atoms with Gasteiger partial charge < -0.3 is 5.73 Å². The fourth-order valence-corrected chi connectivity index (χ4v) is 1.79. The quantitative estimate of drug-likeness (QED) is 0.709. The van der Waals surface area contributed by atoms with Gasteiger partial charge in [0.2, 0.25) is 0 Å². The Morgan fingerprint density at radius 3 is 2.13 bits per heavy atom. The summed E-state index contributed by atoms with van der Waals surface area (Å²) >= 11 is 0. The highest BCUT2D eigenvalue weighted by molar-refractivity contribution is 5.22. The standard InChI is InChI=1S/C14H23N/c1-12(2)11-14-8-6-13(7-9-14)5-3-4-10-15/h6-9,12H,3-5,10-11,15H2,1-2H3. The maximum Gasteiger partial charge on any atom is -0.00772 e. The number of rotatable bonds is 6. The third kappa shape index (κ3) is 4.98. The van der Waals surface area contributed by atoms with Gasteiger partial charge in [-0.3, -0.25) is 0 Å². The fraction of sp³-hybridized carbons (Fsp3) is 0.571. The molecule has 15 heavy (non-hydrogen) atoms. The first-order chi connectivity index (χ1) is 7.22. The number of hydrogen-bond acceptors (Lipinski definition) is 1. The number of benzene rings is 1. The molecule has 1 rings (SSSR count). The van der Waals surface area contributed by atoms with E-state index in [1.807, 2.05) is 0 Å². The average Bonchev–Trinajstić information content (AvgIpc) is 2.20. The number of nitrogens with two attached hydrogens (primary N) is 1. The molecule has 84 valence electrons. The van der Waals surface area contributed by atoms with E-state index in [4.69, 9.17) is 5.73 Å². The van der Waals surface area contributed by atoms with Crippen LogP contribution < -0.4 is 5.73 Å². The number of aryl methyl sites for hydroxylation is 1. The Morgan fingerprint density at radius 1 is 1.00 bits per heavy atom. The summed E-state index contributed by atoms with van der Waals surface area (Å²) in [6.07, 6.45) is 4.69. The van der Waals surface area contributed by atoms with Crippen molar-refractivity contribution < 1.29 is 0 Å². The van der Waals surface area contributed by atoms with E-state index in [1.165, 1.54) is 30.4 Å². The van der Waals surface area contributed by atoms with Gasteiger partial charge in [0.25, 0.3) is 0 Å².